The molecule has 0 N–H and O–H groups in total. The Morgan fingerprint density at radius 3 is 0.903 bits per heavy atom. The van der Waals surface area contributed by atoms with Crippen molar-refractivity contribution in [2.75, 3.05) is 0 Å². The van der Waals surface area contributed by atoms with E-state index in [0.29, 0.717) is 0 Å². The van der Waals surface area contributed by atoms with Gasteiger partial charge in [0.05, 0.1) is 0 Å². The first-order valence-corrected chi connectivity index (χ1v) is 11.0. The van der Waals surface area contributed by atoms with Gasteiger partial charge < -0.3 is 0 Å². The van der Waals surface area contributed by atoms with Gasteiger partial charge in [-0.2, -0.15) is 0 Å². The normalized spacial score (nSPS) is 15.4. The lowest BCUT2D eigenvalue weighted by Gasteiger charge is -2.23. The SMILES string of the molecule is ClC1(Cl)C(c2ccccc2)=C(c2ccccc2)C(c2ccccc2)=C1c1ccccc1. The van der Waals surface area contributed by atoms with E-state index >= 15 is 0 Å². The first kappa shape index (κ1) is 19.9. The molecule has 0 nitrogen and oxygen atoms in total. The molecule has 31 heavy (non-hydrogen) atoms. The third-order valence-corrected chi connectivity index (χ3v) is 6.38. The van der Waals surface area contributed by atoms with E-state index in [4.69, 9.17) is 23.2 Å². The van der Waals surface area contributed by atoms with E-state index in [0.717, 1.165) is 44.5 Å². The van der Waals surface area contributed by atoms with Gasteiger partial charge in [-0.1, -0.05) is 145 Å². The van der Waals surface area contributed by atoms with Gasteiger partial charge in [0, 0.05) is 11.1 Å². The summed E-state index contributed by atoms with van der Waals surface area (Å²) in [5.74, 6) is 0. The molecule has 0 radical (unpaired) electrons. The highest BCUT2D eigenvalue weighted by atomic mass is 35.5. The zero-order valence-electron chi connectivity index (χ0n) is 16.8. The van der Waals surface area contributed by atoms with Gasteiger partial charge in [0.2, 0.25) is 0 Å². The summed E-state index contributed by atoms with van der Waals surface area (Å²) in [4.78, 5) is 0. The Morgan fingerprint density at radius 1 is 0.355 bits per heavy atom. The van der Waals surface area contributed by atoms with Crippen molar-refractivity contribution in [3.8, 4) is 0 Å². The molecule has 0 atom stereocenters. The van der Waals surface area contributed by atoms with E-state index in [2.05, 4.69) is 72.8 Å². The number of hydrogen-bond acceptors (Lipinski definition) is 0. The van der Waals surface area contributed by atoms with Crippen LogP contribution in [-0.4, -0.2) is 4.33 Å². The Bertz CT molecular complexity index is 1150. The van der Waals surface area contributed by atoms with Gasteiger partial charge in [-0.05, 0) is 33.4 Å². The molecule has 2 heteroatoms. The topological polar surface area (TPSA) is 0 Å². The molecule has 1 aliphatic carbocycles. The molecule has 150 valence electrons. The van der Waals surface area contributed by atoms with E-state index in [9.17, 15) is 0 Å². The zero-order valence-corrected chi connectivity index (χ0v) is 18.3. The summed E-state index contributed by atoms with van der Waals surface area (Å²) >= 11 is 14.6. The van der Waals surface area contributed by atoms with E-state index in [-0.39, 0.29) is 0 Å². The summed E-state index contributed by atoms with van der Waals surface area (Å²) in [6, 6.07) is 41.2. The van der Waals surface area contributed by atoms with E-state index in [1.807, 2.05) is 48.5 Å². The number of benzene rings is 4. The summed E-state index contributed by atoms with van der Waals surface area (Å²) in [5.41, 5.74) is 8.20. The average molecular weight is 439 g/mol. The quantitative estimate of drug-likeness (QED) is 0.280. The van der Waals surface area contributed by atoms with Crippen LogP contribution in [-0.2, 0) is 0 Å². The molecule has 0 fully saturated rings. The van der Waals surface area contributed by atoms with E-state index in [1.165, 1.54) is 0 Å². The van der Waals surface area contributed by atoms with Crippen LogP contribution in [0.2, 0.25) is 0 Å². The predicted molar refractivity (Wildman–Crippen MR) is 134 cm³/mol. The Labute approximate surface area is 193 Å². The van der Waals surface area contributed by atoms with Crippen LogP contribution in [0.5, 0.6) is 0 Å². The van der Waals surface area contributed by atoms with Crippen LogP contribution in [0.15, 0.2) is 121 Å². The smallest absolute Gasteiger partial charge is 0.0908 e. The number of hydrogen-bond donors (Lipinski definition) is 0. The van der Waals surface area contributed by atoms with Crippen LogP contribution in [0.3, 0.4) is 0 Å². The highest BCUT2D eigenvalue weighted by Gasteiger charge is 2.46. The monoisotopic (exact) mass is 438 g/mol. The maximum absolute atomic E-state index is 7.31. The van der Waals surface area contributed by atoms with Crippen molar-refractivity contribution in [2.24, 2.45) is 0 Å². The summed E-state index contributed by atoms with van der Waals surface area (Å²) < 4.78 is -1.21. The van der Waals surface area contributed by atoms with Crippen molar-refractivity contribution >= 4 is 45.5 Å². The first-order chi connectivity index (χ1) is 15.2. The fourth-order valence-electron chi connectivity index (χ4n) is 4.34. The van der Waals surface area contributed by atoms with Gasteiger partial charge in [0.25, 0.3) is 0 Å². The molecule has 0 aliphatic heterocycles. The molecule has 0 saturated heterocycles. The number of allylic oxidation sites excluding steroid dienone is 4. The zero-order chi connectivity index (χ0) is 21.3. The molecule has 0 unspecified atom stereocenters. The Balaban J connectivity index is 1.92. The standard InChI is InChI=1S/C29H20Cl2/c30-29(31)27(23-17-9-3-10-18-23)25(21-13-5-1-6-14-21)26(22-15-7-2-8-16-22)28(29)24-19-11-4-12-20-24/h1-20H. The van der Waals surface area contributed by atoms with Crippen LogP contribution in [0.1, 0.15) is 22.3 Å². The van der Waals surface area contributed by atoms with Crippen LogP contribution in [0.25, 0.3) is 22.3 Å². The van der Waals surface area contributed by atoms with Crippen molar-refractivity contribution in [1.29, 1.82) is 0 Å². The molecular formula is C29H20Cl2. The lowest BCUT2D eigenvalue weighted by molar-refractivity contribution is 1.32. The fourth-order valence-corrected chi connectivity index (χ4v) is 5.15. The molecule has 4 aromatic carbocycles. The number of alkyl halides is 2. The molecule has 4 aromatic rings. The minimum absolute atomic E-state index is 0.917. The van der Waals surface area contributed by atoms with Crippen molar-refractivity contribution in [1.82, 2.24) is 0 Å². The second-order valence-electron chi connectivity index (χ2n) is 7.54. The van der Waals surface area contributed by atoms with Crippen LogP contribution >= 0.6 is 23.2 Å². The van der Waals surface area contributed by atoms with Crippen LogP contribution < -0.4 is 0 Å². The Hall–Kier alpha value is -3.06. The molecule has 0 heterocycles. The van der Waals surface area contributed by atoms with Crippen molar-refractivity contribution in [3.63, 3.8) is 0 Å². The Morgan fingerprint density at radius 2 is 0.613 bits per heavy atom. The van der Waals surface area contributed by atoms with Crippen molar-refractivity contribution in [3.05, 3.63) is 144 Å². The second-order valence-corrected chi connectivity index (χ2v) is 8.87. The van der Waals surface area contributed by atoms with Crippen LogP contribution in [0, 0.1) is 0 Å². The molecule has 0 aromatic heterocycles. The number of halogens is 2. The largest absolute Gasteiger partial charge is 0.170 e. The summed E-state index contributed by atoms with van der Waals surface area (Å²) in [5, 5.41) is 0. The van der Waals surface area contributed by atoms with Gasteiger partial charge in [-0.15, -0.1) is 0 Å². The minimum Gasteiger partial charge on any atom is -0.0908 e. The van der Waals surface area contributed by atoms with Gasteiger partial charge in [0.1, 0.15) is 0 Å². The lowest BCUT2D eigenvalue weighted by Crippen LogP contribution is -2.15. The minimum atomic E-state index is -1.21. The highest BCUT2D eigenvalue weighted by Crippen LogP contribution is 2.61. The summed E-state index contributed by atoms with van der Waals surface area (Å²) in [6.45, 7) is 0. The third-order valence-electron chi connectivity index (χ3n) is 5.63. The molecule has 1 aliphatic rings. The molecule has 0 spiro atoms. The van der Waals surface area contributed by atoms with Crippen LogP contribution in [0.4, 0.5) is 0 Å². The van der Waals surface area contributed by atoms with Gasteiger partial charge in [-0.25, -0.2) is 0 Å². The van der Waals surface area contributed by atoms with Gasteiger partial charge in [0.15, 0.2) is 4.33 Å². The predicted octanol–water partition coefficient (Wildman–Crippen LogP) is 8.40. The molecular weight excluding hydrogens is 419 g/mol. The second kappa shape index (κ2) is 8.23. The maximum Gasteiger partial charge on any atom is 0.170 e. The third kappa shape index (κ3) is 3.53. The maximum atomic E-state index is 7.31. The molecule has 0 amide bonds. The van der Waals surface area contributed by atoms with E-state index < -0.39 is 4.33 Å². The Kier molecular flexibility index (Phi) is 5.28. The van der Waals surface area contributed by atoms with Crippen molar-refractivity contribution in [2.45, 2.75) is 4.33 Å². The number of rotatable bonds is 4. The van der Waals surface area contributed by atoms with Gasteiger partial charge in [-0.3, -0.25) is 0 Å². The fraction of sp³-hybridized carbons (Fsp3) is 0.0345. The molecule has 5 rings (SSSR count). The molecule has 0 bridgehead atoms. The summed E-state index contributed by atoms with van der Waals surface area (Å²) in [6.07, 6.45) is 0. The molecule has 0 saturated carbocycles. The average Bonchev–Trinajstić information content (AvgIpc) is 3.08. The first-order valence-electron chi connectivity index (χ1n) is 10.3. The van der Waals surface area contributed by atoms with Crippen molar-refractivity contribution < 1.29 is 0 Å². The highest BCUT2D eigenvalue weighted by molar-refractivity contribution is 6.65. The van der Waals surface area contributed by atoms with Gasteiger partial charge >= 0.3 is 0 Å². The van der Waals surface area contributed by atoms with E-state index in [1.54, 1.807) is 0 Å². The lowest BCUT2D eigenvalue weighted by atomic mass is 9.89. The summed E-state index contributed by atoms with van der Waals surface area (Å²) in [7, 11) is 0.